The molecule has 1 aliphatic heterocycles. The molecule has 1 heterocycles. The molecule has 2 N–H and O–H groups in total. The average molecular weight is 494 g/mol. The fourth-order valence-electron chi connectivity index (χ4n) is 4.50. The van der Waals surface area contributed by atoms with Gasteiger partial charge in [-0.1, -0.05) is 40.0 Å². The highest BCUT2D eigenvalue weighted by Crippen LogP contribution is 2.30. The normalized spacial score (nSPS) is 26.3. The molecule has 0 bridgehead atoms. The van der Waals surface area contributed by atoms with Crippen LogP contribution in [0.4, 0.5) is 0 Å². The van der Waals surface area contributed by atoms with E-state index in [1.165, 1.54) is 71.4 Å². The van der Waals surface area contributed by atoms with Crippen LogP contribution in [-0.2, 0) is 0 Å². The van der Waals surface area contributed by atoms with Crippen LogP contribution in [0.2, 0.25) is 0 Å². The van der Waals surface area contributed by atoms with Gasteiger partial charge in [-0.05, 0) is 37.1 Å². The Labute approximate surface area is 185 Å². The lowest BCUT2D eigenvalue weighted by molar-refractivity contribution is 0.124. The molecule has 5 nitrogen and oxygen atoms in total. The number of hydrogen-bond donors (Lipinski definition) is 2. The van der Waals surface area contributed by atoms with E-state index in [2.05, 4.69) is 46.2 Å². The first-order chi connectivity index (χ1) is 12.6. The molecule has 27 heavy (non-hydrogen) atoms. The molecule has 1 saturated carbocycles. The SMILES string of the molecule is CCN1CCN(CC(C)CNC(=NC)NCCC2CCCC(C)C2)CC1.I. The number of hydrogen-bond acceptors (Lipinski definition) is 3. The van der Waals surface area contributed by atoms with Crippen molar-refractivity contribution in [1.29, 1.82) is 0 Å². The van der Waals surface area contributed by atoms with Gasteiger partial charge in [-0.2, -0.15) is 0 Å². The Balaban J connectivity index is 0.00000364. The minimum Gasteiger partial charge on any atom is -0.356 e. The molecule has 1 aliphatic carbocycles. The van der Waals surface area contributed by atoms with Crippen LogP contribution in [0, 0.1) is 17.8 Å². The number of rotatable bonds is 8. The second-order valence-corrected chi connectivity index (χ2v) is 8.65. The highest BCUT2D eigenvalue weighted by atomic mass is 127. The fourth-order valence-corrected chi connectivity index (χ4v) is 4.50. The van der Waals surface area contributed by atoms with Crippen LogP contribution in [0.3, 0.4) is 0 Å². The lowest BCUT2D eigenvalue weighted by Gasteiger charge is -2.35. The third kappa shape index (κ3) is 9.79. The molecule has 2 rings (SSSR count). The van der Waals surface area contributed by atoms with E-state index in [-0.39, 0.29) is 24.0 Å². The van der Waals surface area contributed by atoms with Crippen molar-refractivity contribution in [1.82, 2.24) is 20.4 Å². The van der Waals surface area contributed by atoms with E-state index in [1.807, 2.05) is 7.05 Å². The van der Waals surface area contributed by atoms with Gasteiger partial charge in [0.15, 0.2) is 5.96 Å². The number of guanidine groups is 1. The number of nitrogens with one attached hydrogen (secondary N) is 2. The number of likely N-dealkylation sites (N-methyl/N-ethyl adjacent to an activating group) is 1. The Morgan fingerprint density at radius 1 is 1.11 bits per heavy atom. The second-order valence-electron chi connectivity index (χ2n) is 8.65. The molecule has 0 aromatic rings. The zero-order valence-corrected chi connectivity index (χ0v) is 20.5. The van der Waals surface area contributed by atoms with E-state index < -0.39 is 0 Å². The monoisotopic (exact) mass is 493 g/mol. The third-order valence-electron chi connectivity index (χ3n) is 6.21. The molecule has 3 unspecified atom stereocenters. The van der Waals surface area contributed by atoms with Crippen LogP contribution in [0.25, 0.3) is 0 Å². The Morgan fingerprint density at radius 2 is 1.81 bits per heavy atom. The van der Waals surface area contributed by atoms with E-state index in [4.69, 9.17) is 0 Å². The van der Waals surface area contributed by atoms with Gasteiger partial charge in [-0.15, -0.1) is 24.0 Å². The molecule has 0 aromatic heterocycles. The van der Waals surface area contributed by atoms with Gasteiger partial charge < -0.3 is 20.4 Å². The lowest BCUT2D eigenvalue weighted by atomic mass is 9.81. The number of nitrogens with zero attached hydrogens (tertiary/aromatic N) is 3. The van der Waals surface area contributed by atoms with Crippen LogP contribution in [0.1, 0.15) is 52.9 Å². The summed E-state index contributed by atoms with van der Waals surface area (Å²) in [5, 5.41) is 7.05. The number of aliphatic imine (C=N–C) groups is 1. The molecule has 0 spiro atoms. The molecule has 0 aromatic carbocycles. The van der Waals surface area contributed by atoms with Crippen molar-refractivity contribution in [3.05, 3.63) is 0 Å². The fraction of sp³-hybridized carbons (Fsp3) is 0.952. The summed E-state index contributed by atoms with van der Waals surface area (Å²) >= 11 is 0. The molecule has 1 saturated heterocycles. The summed E-state index contributed by atoms with van der Waals surface area (Å²) in [6.45, 7) is 16.3. The summed E-state index contributed by atoms with van der Waals surface area (Å²) in [4.78, 5) is 9.55. The van der Waals surface area contributed by atoms with Crippen LogP contribution in [0.5, 0.6) is 0 Å². The second kappa shape index (κ2) is 14.0. The van der Waals surface area contributed by atoms with Gasteiger partial charge in [-0.3, -0.25) is 4.99 Å². The first-order valence-electron chi connectivity index (χ1n) is 11.0. The van der Waals surface area contributed by atoms with Crippen LogP contribution >= 0.6 is 24.0 Å². The maximum atomic E-state index is 4.40. The van der Waals surface area contributed by atoms with Crippen molar-refractivity contribution in [2.75, 3.05) is 59.4 Å². The highest BCUT2D eigenvalue weighted by Gasteiger charge is 2.19. The van der Waals surface area contributed by atoms with Crippen molar-refractivity contribution in [2.24, 2.45) is 22.7 Å². The minimum atomic E-state index is 0. The zero-order chi connectivity index (χ0) is 18.8. The summed E-state index contributed by atoms with van der Waals surface area (Å²) in [6.07, 6.45) is 6.96. The predicted molar refractivity (Wildman–Crippen MR) is 128 cm³/mol. The lowest BCUT2D eigenvalue weighted by Crippen LogP contribution is -2.48. The van der Waals surface area contributed by atoms with Crippen molar-refractivity contribution >= 4 is 29.9 Å². The Bertz CT molecular complexity index is 409. The Hall–Kier alpha value is -0.0800. The topological polar surface area (TPSA) is 42.9 Å². The van der Waals surface area contributed by atoms with Crippen molar-refractivity contribution in [2.45, 2.75) is 52.9 Å². The first kappa shape index (κ1) is 25.0. The van der Waals surface area contributed by atoms with Crippen LogP contribution < -0.4 is 10.6 Å². The summed E-state index contributed by atoms with van der Waals surface area (Å²) in [6, 6.07) is 0. The van der Waals surface area contributed by atoms with Crippen molar-refractivity contribution in [3.8, 4) is 0 Å². The maximum absolute atomic E-state index is 4.40. The summed E-state index contributed by atoms with van der Waals surface area (Å²) in [5.41, 5.74) is 0. The molecular formula is C21H44IN5. The van der Waals surface area contributed by atoms with Gasteiger partial charge in [0.2, 0.25) is 0 Å². The smallest absolute Gasteiger partial charge is 0.190 e. The number of piperazine rings is 1. The highest BCUT2D eigenvalue weighted by molar-refractivity contribution is 14.0. The quantitative estimate of drug-likeness (QED) is 0.310. The van der Waals surface area contributed by atoms with Gasteiger partial charge in [0.1, 0.15) is 0 Å². The van der Waals surface area contributed by atoms with Crippen molar-refractivity contribution < 1.29 is 0 Å². The molecule has 2 fully saturated rings. The molecule has 3 atom stereocenters. The summed E-state index contributed by atoms with van der Waals surface area (Å²) in [7, 11) is 1.88. The average Bonchev–Trinajstić information content (AvgIpc) is 2.65. The number of halogens is 1. The standard InChI is InChI=1S/C21H43N5.HI/c1-5-25-11-13-26(14-12-25)17-19(3)16-24-21(22-4)23-10-9-20-8-6-7-18(2)15-20;/h18-20H,5-17H2,1-4H3,(H2,22,23,24);1H. The summed E-state index contributed by atoms with van der Waals surface area (Å²) < 4.78 is 0. The predicted octanol–water partition coefficient (Wildman–Crippen LogP) is 3.26. The van der Waals surface area contributed by atoms with Crippen LogP contribution in [-0.4, -0.2) is 75.2 Å². The molecule has 0 amide bonds. The van der Waals surface area contributed by atoms with Gasteiger partial charge in [0.25, 0.3) is 0 Å². The van der Waals surface area contributed by atoms with Gasteiger partial charge in [0, 0.05) is 52.9 Å². The Kier molecular flexibility index (Phi) is 12.9. The van der Waals surface area contributed by atoms with E-state index in [9.17, 15) is 0 Å². The molecule has 2 aliphatic rings. The molecule has 6 heteroatoms. The van der Waals surface area contributed by atoms with Crippen molar-refractivity contribution in [3.63, 3.8) is 0 Å². The third-order valence-corrected chi connectivity index (χ3v) is 6.21. The van der Waals surface area contributed by atoms with Gasteiger partial charge >= 0.3 is 0 Å². The van der Waals surface area contributed by atoms with Gasteiger partial charge in [-0.25, -0.2) is 0 Å². The largest absolute Gasteiger partial charge is 0.356 e. The maximum Gasteiger partial charge on any atom is 0.190 e. The molecule has 160 valence electrons. The summed E-state index contributed by atoms with van der Waals surface area (Å²) in [5.74, 6) is 3.44. The van der Waals surface area contributed by atoms with E-state index in [1.54, 1.807) is 0 Å². The van der Waals surface area contributed by atoms with Crippen LogP contribution in [0.15, 0.2) is 4.99 Å². The minimum absolute atomic E-state index is 0. The molecule has 0 radical (unpaired) electrons. The first-order valence-corrected chi connectivity index (χ1v) is 11.0. The van der Waals surface area contributed by atoms with E-state index in [0.29, 0.717) is 5.92 Å². The molecular weight excluding hydrogens is 449 g/mol. The van der Waals surface area contributed by atoms with E-state index >= 15 is 0 Å². The van der Waals surface area contributed by atoms with Gasteiger partial charge in [0.05, 0.1) is 0 Å². The Morgan fingerprint density at radius 3 is 2.44 bits per heavy atom. The zero-order valence-electron chi connectivity index (χ0n) is 18.2. The van der Waals surface area contributed by atoms with E-state index in [0.717, 1.165) is 30.9 Å².